The Morgan fingerprint density at radius 2 is 1.50 bits per heavy atom. The van der Waals surface area contributed by atoms with E-state index in [0.717, 1.165) is 6.42 Å². The zero-order chi connectivity index (χ0) is 10.9. The average Bonchev–Trinajstić information content (AvgIpc) is 1.95. The van der Waals surface area contributed by atoms with Crippen molar-refractivity contribution in [2.45, 2.75) is 45.4 Å². The number of rotatable bonds is 2. The molecule has 0 aliphatic carbocycles. The van der Waals surface area contributed by atoms with Crippen LogP contribution in [0.2, 0.25) is 0 Å². The molecule has 0 unspecified atom stereocenters. The molecule has 0 aliphatic rings. The maximum atomic E-state index is 3.70. The Labute approximate surface area is 95.9 Å². The lowest BCUT2D eigenvalue weighted by Crippen LogP contribution is -2.15. The van der Waals surface area contributed by atoms with Crippen molar-refractivity contribution in [3.05, 3.63) is 34.4 Å². The van der Waals surface area contributed by atoms with Crippen LogP contribution < -0.4 is 0 Å². The molecule has 14 heavy (non-hydrogen) atoms. The molecule has 0 saturated carbocycles. The van der Waals surface area contributed by atoms with Crippen LogP contribution in [-0.4, -0.2) is 4.32 Å². The summed E-state index contributed by atoms with van der Waals surface area (Å²) in [6, 6.07) is 4.53. The van der Waals surface area contributed by atoms with Crippen LogP contribution in [0, 0.1) is 20.8 Å². The highest BCUT2D eigenvalue weighted by atomic mass is 79.9. The predicted octanol–water partition coefficient (Wildman–Crippen LogP) is 4.33. The van der Waals surface area contributed by atoms with Gasteiger partial charge in [0.15, 0.2) is 0 Å². The Bertz CT molecular complexity index is 309. The van der Waals surface area contributed by atoms with Crippen LogP contribution in [0.5, 0.6) is 0 Å². The first-order valence-electron chi connectivity index (χ1n) is 5.05. The molecule has 1 rings (SSSR count). The van der Waals surface area contributed by atoms with Gasteiger partial charge in [-0.15, -0.1) is 0 Å². The van der Waals surface area contributed by atoms with Crippen molar-refractivity contribution in [3.8, 4) is 0 Å². The third kappa shape index (κ3) is 3.13. The van der Waals surface area contributed by atoms with Gasteiger partial charge in [-0.05, 0) is 57.7 Å². The number of halogens is 1. The Hall–Kier alpha value is -0.300. The topological polar surface area (TPSA) is 0 Å². The van der Waals surface area contributed by atoms with Crippen molar-refractivity contribution < 1.29 is 0 Å². The van der Waals surface area contributed by atoms with Gasteiger partial charge < -0.3 is 0 Å². The molecule has 0 bridgehead atoms. The highest BCUT2D eigenvalue weighted by Crippen LogP contribution is 2.26. The lowest BCUT2D eigenvalue weighted by Gasteiger charge is -2.20. The fraction of sp³-hybridized carbons (Fsp3) is 0.538. The molecule has 0 atom stereocenters. The lowest BCUT2D eigenvalue weighted by atomic mass is 9.93. The summed E-state index contributed by atoms with van der Waals surface area (Å²) in [6.07, 6.45) is 1.09. The molecule has 0 amide bonds. The minimum atomic E-state index is 0.192. The summed E-state index contributed by atoms with van der Waals surface area (Å²) >= 11 is 3.70. The summed E-state index contributed by atoms with van der Waals surface area (Å²) in [6.45, 7) is 11.0. The van der Waals surface area contributed by atoms with Crippen LogP contribution in [0.3, 0.4) is 0 Å². The fourth-order valence-corrected chi connectivity index (χ4v) is 2.19. The number of hydrogen-bond acceptors (Lipinski definition) is 0. The number of alkyl halides is 1. The predicted molar refractivity (Wildman–Crippen MR) is 67.4 cm³/mol. The molecule has 0 spiro atoms. The van der Waals surface area contributed by atoms with E-state index in [-0.39, 0.29) is 4.32 Å². The zero-order valence-corrected chi connectivity index (χ0v) is 11.3. The first-order chi connectivity index (χ1) is 6.29. The maximum Gasteiger partial charge on any atom is 0.0242 e. The largest absolute Gasteiger partial charge is 0.0856 e. The molecule has 1 aromatic carbocycles. The van der Waals surface area contributed by atoms with E-state index >= 15 is 0 Å². The van der Waals surface area contributed by atoms with E-state index in [4.69, 9.17) is 0 Å². The second-order valence-corrected chi connectivity index (χ2v) is 6.92. The van der Waals surface area contributed by atoms with Gasteiger partial charge in [0.1, 0.15) is 0 Å². The van der Waals surface area contributed by atoms with Gasteiger partial charge in [-0.25, -0.2) is 0 Å². The Balaban J connectivity index is 3.09. The normalized spacial score (nSPS) is 11.9. The Kier molecular flexibility index (Phi) is 3.41. The van der Waals surface area contributed by atoms with E-state index in [2.05, 4.69) is 62.7 Å². The summed E-state index contributed by atoms with van der Waals surface area (Å²) < 4.78 is 0.192. The summed E-state index contributed by atoms with van der Waals surface area (Å²) in [7, 11) is 0. The number of benzene rings is 1. The number of aryl methyl sites for hydroxylation is 3. The molecule has 0 aliphatic heterocycles. The molecule has 0 radical (unpaired) electrons. The first-order valence-corrected chi connectivity index (χ1v) is 5.84. The summed E-state index contributed by atoms with van der Waals surface area (Å²) in [5, 5.41) is 0. The van der Waals surface area contributed by atoms with Gasteiger partial charge >= 0.3 is 0 Å². The van der Waals surface area contributed by atoms with Crippen molar-refractivity contribution in [2.24, 2.45) is 0 Å². The van der Waals surface area contributed by atoms with E-state index in [1.807, 2.05) is 0 Å². The monoisotopic (exact) mass is 254 g/mol. The third-order valence-electron chi connectivity index (χ3n) is 2.44. The maximum absolute atomic E-state index is 3.70. The molecule has 0 saturated heterocycles. The lowest BCUT2D eigenvalue weighted by molar-refractivity contribution is 0.718. The van der Waals surface area contributed by atoms with Gasteiger partial charge in [0.25, 0.3) is 0 Å². The highest BCUT2D eigenvalue weighted by molar-refractivity contribution is 9.10. The van der Waals surface area contributed by atoms with E-state index in [1.54, 1.807) is 0 Å². The fourth-order valence-electron chi connectivity index (χ4n) is 1.91. The molecule has 0 N–H and O–H groups in total. The smallest absolute Gasteiger partial charge is 0.0242 e. The summed E-state index contributed by atoms with van der Waals surface area (Å²) in [5.41, 5.74) is 5.67. The van der Waals surface area contributed by atoms with Crippen molar-refractivity contribution >= 4 is 15.9 Å². The second kappa shape index (κ2) is 4.06. The Morgan fingerprint density at radius 1 is 1.07 bits per heavy atom. The third-order valence-corrected chi connectivity index (χ3v) is 2.72. The van der Waals surface area contributed by atoms with Crippen LogP contribution in [0.25, 0.3) is 0 Å². The second-order valence-electron chi connectivity index (χ2n) is 4.77. The molecule has 1 heteroatoms. The van der Waals surface area contributed by atoms with E-state index in [0.29, 0.717) is 0 Å². The highest BCUT2D eigenvalue weighted by Gasteiger charge is 2.16. The van der Waals surface area contributed by atoms with Crippen LogP contribution in [0.15, 0.2) is 12.1 Å². The molecular weight excluding hydrogens is 236 g/mol. The van der Waals surface area contributed by atoms with Gasteiger partial charge in [0, 0.05) is 4.32 Å². The van der Waals surface area contributed by atoms with Crippen LogP contribution in [0.4, 0.5) is 0 Å². The van der Waals surface area contributed by atoms with Gasteiger partial charge in [0.05, 0.1) is 0 Å². The van der Waals surface area contributed by atoms with Crippen molar-refractivity contribution in [1.29, 1.82) is 0 Å². The van der Waals surface area contributed by atoms with Crippen molar-refractivity contribution in [1.82, 2.24) is 0 Å². The van der Waals surface area contributed by atoms with Crippen LogP contribution in [0.1, 0.15) is 36.1 Å². The van der Waals surface area contributed by atoms with E-state index in [9.17, 15) is 0 Å². The minimum Gasteiger partial charge on any atom is -0.0856 e. The van der Waals surface area contributed by atoms with Crippen molar-refractivity contribution in [2.75, 3.05) is 0 Å². The first kappa shape index (κ1) is 11.8. The van der Waals surface area contributed by atoms with Crippen LogP contribution >= 0.6 is 15.9 Å². The average molecular weight is 255 g/mol. The molecule has 78 valence electrons. The SMILES string of the molecule is Cc1cc(C)c(CC(C)(C)Br)c(C)c1. The standard InChI is InChI=1S/C13H19Br/c1-9-6-10(2)12(11(3)7-9)8-13(4,5)14/h6-7H,8H2,1-5H3. The molecule has 0 heterocycles. The minimum absolute atomic E-state index is 0.192. The number of hydrogen-bond donors (Lipinski definition) is 0. The quantitative estimate of drug-likeness (QED) is 0.690. The molecule has 1 aromatic rings. The molecular formula is C13H19Br. The molecule has 0 nitrogen and oxygen atoms in total. The summed E-state index contributed by atoms with van der Waals surface area (Å²) in [4.78, 5) is 0. The molecule has 0 fully saturated rings. The summed E-state index contributed by atoms with van der Waals surface area (Å²) in [5.74, 6) is 0. The van der Waals surface area contributed by atoms with Crippen molar-refractivity contribution in [3.63, 3.8) is 0 Å². The van der Waals surface area contributed by atoms with E-state index < -0.39 is 0 Å². The van der Waals surface area contributed by atoms with Crippen LogP contribution in [-0.2, 0) is 6.42 Å². The Morgan fingerprint density at radius 3 is 1.86 bits per heavy atom. The van der Waals surface area contributed by atoms with E-state index in [1.165, 1.54) is 22.3 Å². The van der Waals surface area contributed by atoms with Gasteiger partial charge in [-0.3, -0.25) is 0 Å². The van der Waals surface area contributed by atoms with Gasteiger partial charge in [-0.1, -0.05) is 33.6 Å². The zero-order valence-electron chi connectivity index (χ0n) is 9.74. The van der Waals surface area contributed by atoms with Gasteiger partial charge in [-0.2, -0.15) is 0 Å². The molecule has 0 aromatic heterocycles. The van der Waals surface area contributed by atoms with Gasteiger partial charge in [0.2, 0.25) is 0 Å².